The summed E-state index contributed by atoms with van der Waals surface area (Å²) in [4.78, 5) is 25.2. The fourth-order valence-corrected chi connectivity index (χ4v) is 5.59. The number of amides is 1. The average molecular weight is 526 g/mol. The molecule has 38 heavy (non-hydrogen) atoms. The van der Waals surface area contributed by atoms with E-state index in [1.807, 2.05) is 63.6 Å². The smallest absolute Gasteiger partial charge is 0.407 e. The van der Waals surface area contributed by atoms with E-state index in [-0.39, 0.29) is 30.3 Å². The Labute approximate surface area is 226 Å². The Kier molecular flexibility index (Phi) is 8.68. The van der Waals surface area contributed by atoms with Crippen molar-refractivity contribution >= 4 is 12.1 Å². The van der Waals surface area contributed by atoms with Crippen LogP contribution in [0.5, 0.6) is 5.75 Å². The molecule has 8 nitrogen and oxygen atoms in total. The highest BCUT2D eigenvalue weighted by atomic mass is 16.6. The minimum absolute atomic E-state index is 0.0404. The normalized spacial score (nSPS) is 23.6. The molecule has 1 amide bonds. The predicted molar refractivity (Wildman–Crippen MR) is 146 cm³/mol. The summed E-state index contributed by atoms with van der Waals surface area (Å²) in [7, 11) is 0. The van der Waals surface area contributed by atoms with Crippen molar-refractivity contribution in [2.24, 2.45) is 5.92 Å². The summed E-state index contributed by atoms with van der Waals surface area (Å²) in [6.07, 6.45) is 6.47. The molecular weight excluding hydrogens is 482 g/mol. The first-order valence-electron chi connectivity index (χ1n) is 14.1. The van der Waals surface area contributed by atoms with E-state index in [1.54, 1.807) is 0 Å². The van der Waals surface area contributed by atoms with Crippen LogP contribution in [0.4, 0.5) is 4.79 Å². The van der Waals surface area contributed by atoms with Crippen molar-refractivity contribution in [2.75, 3.05) is 6.61 Å². The Hall–Kier alpha value is -3.03. The first kappa shape index (κ1) is 28.0. The molecule has 208 valence electrons. The molecule has 8 heteroatoms. The van der Waals surface area contributed by atoms with Crippen LogP contribution >= 0.6 is 0 Å². The lowest BCUT2D eigenvalue weighted by Gasteiger charge is -2.30. The molecule has 2 aliphatic rings. The molecule has 2 aliphatic carbocycles. The summed E-state index contributed by atoms with van der Waals surface area (Å²) in [5.74, 6) is 1.23. The van der Waals surface area contributed by atoms with Gasteiger partial charge >= 0.3 is 12.1 Å². The molecule has 0 radical (unpaired) electrons. The molecule has 1 heterocycles. The standard InChI is InChI=1S/C30H43N3O5/c1-7-36-28(34)27-20(3)26(21-9-16-24(17-10-21)37-25-15-8-19(2)18-25)32-33(27)23-13-11-22(12-14-23)31-29(35)38-30(4,5)6/h9-10,16-17,19,22-23,25H,7-8,11-15,18H2,1-6H3,(H,31,35). The third kappa shape index (κ3) is 6.88. The summed E-state index contributed by atoms with van der Waals surface area (Å²) >= 11 is 0. The SMILES string of the molecule is CCOC(=O)c1c(C)c(-c2ccc(OC3CCC(C)C3)cc2)nn1C1CCC(NC(=O)OC(C)(C)C)CC1. The van der Waals surface area contributed by atoms with Gasteiger partial charge in [0.25, 0.3) is 0 Å². The lowest BCUT2D eigenvalue weighted by molar-refractivity contribution is 0.0487. The van der Waals surface area contributed by atoms with Crippen LogP contribution in [0.2, 0.25) is 0 Å². The molecule has 1 aromatic heterocycles. The zero-order chi connectivity index (χ0) is 27.4. The summed E-state index contributed by atoms with van der Waals surface area (Å²) < 4.78 is 18.9. The minimum Gasteiger partial charge on any atom is -0.490 e. The maximum atomic E-state index is 13.0. The highest BCUT2D eigenvalue weighted by Gasteiger charge is 2.31. The van der Waals surface area contributed by atoms with Crippen LogP contribution in [0.25, 0.3) is 11.3 Å². The third-order valence-electron chi connectivity index (χ3n) is 7.46. The van der Waals surface area contributed by atoms with E-state index < -0.39 is 5.60 Å². The van der Waals surface area contributed by atoms with Gasteiger partial charge in [0.15, 0.2) is 0 Å². The molecule has 1 N–H and O–H groups in total. The van der Waals surface area contributed by atoms with Gasteiger partial charge in [-0.1, -0.05) is 6.92 Å². The van der Waals surface area contributed by atoms with Gasteiger partial charge in [-0.15, -0.1) is 0 Å². The van der Waals surface area contributed by atoms with E-state index in [1.165, 1.54) is 6.42 Å². The Morgan fingerprint density at radius 3 is 2.32 bits per heavy atom. The van der Waals surface area contributed by atoms with Gasteiger partial charge in [0, 0.05) is 17.2 Å². The molecule has 1 aromatic carbocycles. The largest absolute Gasteiger partial charge is 0.490 e. The van der Waals surface area contributed by atoms with Crippen molar-refractivity contribution in [1.29, 1.82) is 0 Å². The number of rotatable bonds is 7. The molecule has 0 spiro atoms. The average Bonchev–Trinajstić information content (AvgIpc) is 3.41. The van der Waals surface area contributed by atoms with E-state index in [0.717, 1.165) is 67.0 Å². The van der Waals surface area contributed by atoms with Gasteiger partial charge in [0.2, 0.25) is 0 Å². The second-order valence-corrected chi connectivity index (χ2v) is 11.8. The molecule has 2 aromatic rings. The van der Waals surface area contributed by atoms with Crippen LogP contribution < -0.4 is 10.1 Å². The van der Waals surface area contributed by atoms with Crippen LogP contribution in [0.1, 0.15) is 102 Å². The van der Waals surface area contributed by atoms with Gasteiger partial charge in [-0.3, -0.25) is 4.68 Å². The molecule has 2 saturated carbocycles. The van der Waals surface area contributed by atoms with Crippen LogP contribution in [-0.4, -0.2) is 46.2 Å². The summed E-state index contributed by atoms with van der Waals surface area (Å²) in [6, 6.07) is 8.11. The van der Waals surface area contributed by atoms with E-state index in [0.29, 0.717) is 12.3 Å². The number of nitrogens with zero attached hydrogens (tertiary/aromatic N) is 2. The minimum atomic E-state index is -0.530. The van der Waals surface area contributed by atoms with Crippen molar-refractivity contribution in [2.45, 2.75) is 110 Å². The monoisotopic (exact) mass is 525 g/mol. The molecule has 0 saturated heterocycles. The van der Waals surface area contributed by atoms with Crippen molar-refractivity contribution in [1.82, 2.24) is 15.1 Å². The lowest BCUT2D eigenvalue weighted by Crippen LogP contribution is -2.41. The summed E-state index contributed by atoms with van der Waals surface area (Å²) in [5, 5.41) is 7.93. The number of ether oxygens (including phenoxy) is 3. The molecule has 2 fully saturated rings. The Morgan fingerprint density at radius 2 is 1.74 bits per heavy atom. The number of carbonyl (C=O) groups excluding carboxylic acids is 2. The van der Waals surface area contributed by atoms with Gasteiger partial charge in [0.1, 0.15) is 17.0 Å². The van der Waals surface area contributed by atoms with Gasteiger partial charge < -0.3 is 19.5 Å². The fourth-order valence-electron chi connectivity index (χ4n) is 5.59. The van der Waals surface area contributed by atoms with Gasteiger partial charge in [-0.05, 0) is 110 Å². The second-order valence-electron chi connectivity index (χ2n) is 11.8. The van der Waals surface area contributed by atoms with Crippen molar-refractivity contribution in [3.05, 3.63) is 35.5 Å². The Morgan fingerprint density at radius 1 is 1.05 bits per heavy atom. The van der Waals surface area contributed by atoms with Crippen LogP contribution in [0.15, 0.2) is 24.3 Å². The van der Waals surface area contributed by atoms with Crippen LogP contribution in [0, 0.1) is 12.8 Å². The molecule has 0 bridgehead atoms. The van der Waals surface area contributed by atoms with Crippen molar-refractivity contribution < 1.29 is 23.8 Å². The van der Waals surface area contributed by atoms with Gasteiger partial charge in [-0.25, -0.2) is 9.59 Å². The number of benzene rings is 1. The first-order valence-corrected chi connectivity index (χ1v) is 14.1. The maximum absolute atomic E-state index is 13.0. The highest BCUT2D eigenvalue weighted by molar-refractivity contribution is 5.91. The fraction of sp³-hybridized carbons (Fsp3) is 0.633. The van der Waals surface area contributed by atoms with E-state index >= 15 is 0 Å². The number of esters is 1. The Balaban J connectivity index is 1.49. The topological polar surface area (TPSA) is 91.7 Å². The molecule has 2 atom stereocenters. The number of carbonyl (C=O) groups is 2. The number of aromatic nitrogens is 2. The second kappa shape index (κ2) is 11.8. The van der Waals surface area contributed by atoms with Gasteiger partial charge in [-0.2, -0.15) is 5.10 Å². The molecule has 4 rings (SSSR count). The molecular formula is C30H43N3O5. The van der Waals surface area contributed by atoms with Gasteiger partial charge in [0.05, 0.1) is 24.4 Å². The molecule has 0 aliphatic heterocycles. The summed E-state index contributed by atoms with van der Waals surface area (Å²) in [6.45, 7) is 11.9. The zero-order valence-electron chi connectivity index (χ0n) is 23.7. The quantitative estimate of drug-likeness (QED) is 0.409. The Bertz CT molecular complexity index is 1110. The van der Waals surface area contributed by atoms with Crippen LogP contribution in [-0.2, 0) is 9.47 Å². The predicted octanol–water partition coefficient (Wildman–Crippen LogP) is 6.61. The number of alkyl carbamates (subject to hydrolysis) is 1. The van der Waals surface area contributed by atoms with Crippen molar-refractivity contribution in [3.63, 3.8) is 0 Å². The third-order valence-corrected chi connectivity index (χ3v) is 7.46. The van der Waals surface area contributed by atoms with E-state index in [9.17, 15) is 9.59 Å². The lowest BCUT2D eigenvalue weighted by atomic mass is 9.91. The number of hydrogen-bond acceptors (Lipinski definition) is 6. The number of nitrogens with one attached hydrogen (secondary N) is 1. The highest BCUT2D eigenvalue weighted by Crippen LogP contribution is 2.35. The van der Waals surface area contributed by atoms with Crippen LogP contribution in [0.3, 0.4) is 0 Å². The number of hydrogen-bond donors (Lipinski definition) is 1. The molecule has 2 unspecified atom stereocenters. The van der Waals surface area contributed by atoms with E-state index in [2.05, 4.69) is 12.2 Å². The van der Waals surface area contributed by atoms with Crippen molar-refractivity contribution in [3.8, 4) is 17.0 Å². The summed E-state index contributed by atoms with van der Waals surface area (Å²) in [5.41, 5.74) is 2.52. The maximum Gasteiger partial charge on any atom is 0.407 e. The first-order chi connectivity index (χ1) is 18.0. The van der Waals surface area contributed by atoms with E-state index in [4.69, 9.17) is 19.3 Å². The zero-order valence-corrected chi connectivity index (χ0v) is 23.7.